The maximum Gasteiger partial charge on any atom is 0.259 e. The van der Waals surface area contributed by atoms with Gasteiger partial charge in [-0.2, -0.15) is 0 Å². The number of nitrogens with zero attached hydrogens (tertiary/aromatic N) is 5. The lowest BCUT2D eigenvalue weighted by molar-refractivity contribution is 0.0703. The van der Waals surface area contributed by atoms with Gasteiger partial charge in [-0.25, -0.2) is 9.97 Å². The van der Waals surface area contributed by atoms with Crippen LogP contribution in [0, 0.1) is 13.8 Å². The van der Waals surface area contributed by atoms with Crippen molar-refractivity contribution in [3.05, 3.63) is 59.8 Å². The molecule has 0 aliphatic carbocycles. The van der Waals surface area contributed by atoms with Crippen LogP contribution in [-0.2, 0) is 0 Å². The van der Waals surface area contributed by atoms with E-state index in [1.54, 1.807) is 32.6 Å². The van der Waals surface area contributed by atoms with Crippen molar-refractivity contribution < 1.29 is 9.32 Å². The normalized spacial score (nSPS) is 17.1. The zero-order valence-corrected chi connectivity index (χ0v) is 15.4. The van der Waals surface area contributed by atoms with Gasteiger partial charge in [0.15, 0.2) is 0 Å². The maximum atomic E-state index is 13.0. The molecule has 27 heavy (non-hydrogen) atoms. The molecule has 3 aromatic heterocycles. The lowest BCUT2D eigenvalue weighted by Crippen LogP contribution is -2.39. The van der Waals surface area contributed by atoms with Gasteiger partial charge in [0.05, 0.1) is 11.4 Å². The first-order valence-electron chi connectivity index (χ1n) is 9.07. The zero-order chi connectivity index (χ0) is 18.8. The van der Waals surface area contributed by atoms with Gasteiger partial charge in [0.1, 0.15) is 17.7 Å². The van der Waals surface area contributed by atoms with E-state index < -0.39 is 0 Å². The second kappa shape index (κ2) is 7.26. The second-order valence-electron chi connectivity index (χ2n) is 6.85. The van der Waals surface area contributed by atoms with E-state index in [0.717, 1.165) is 36.2 Å². The van der Waals surface area contributed by atoms with Crippen LogP contribution in [0.2, 0.25) is 0 Å². The summed E-state index contributed by atoms with van der Waals surface area (Å²) < 4.78 is 5.17. The number of pyridine rings is 1. The third-order valence-electron chi connectivity index (χ3n) is 5.08. The number of piperidine rings is 1. The number of hydrogen-bond donors (Lipinski definition) is 0. The van der Waals surface area contributed by atoms with Crippen LogP contribution in [0.3, 0.4) is 0 Å². The van der Waals surface area contributed by atoms with Crippen LogP contribution >= 0.6 is 0 Å². The molecule has 0 spiro atoms. The van der Waals surface area contributed by atoms with Gasteiger partial charge in [0.25, 0.3) is 5.91 Å². The molecular formula is C20H21N5O2. The van der Waals surface area contributed by atoms with Crippen molar-refractivity contribution in [3.63, 3.8) is 0 Å². The minimum atomic E-state index is -0.0181. The van der Waals surface area contributed by atoms with Crippen LogP contribution in [0.1, 0.15) is 46.3 Å². The molecule has 1 unspecified atom stereocenters. The van der Waals surface area contributed by atoms with Crippen LogP contribution < -0.4 is 0 Å². The Bertz CT molecular complexity index is 935. The van der Waals surface area contributed by atoms with Gasteiger partial charge in [-0.05, 0) is 44.4 Å². The zero-order valence-electron chi connectivity index (χ0n) is 15.4. The van der Waals surface area contributed by atoms with Gasteiger partial charge in [-0.1, -0.05) is 5.16 Å². The van der Waals surface area contributed by atoms with Crippen molar-refractivity contribution in [2.75, 3.05) is 13.1 Å². The first kappa shape index (κ1) is 17.3. The largest absolute Gasteiger partial charge is 0.361 e. The van der Waals surface area contributed by atoms with Crippen LogP contribution in [0.4, 0.5) is 0 Å². The summed E-state index contributed by atoms with van der Waals surface area (Å²) in [6.07, 6.45) is 8.86. The lowest BCUT2D eigenvalue weighted by atomic mass is 9.90. The smallest absolute Gasteiger partial charge is 0.259 e. The van der Waals surface area contributed by atoms with Crippen LogP contribution in [-0.4, -0.2) is 44.0 Å². The van der Waals surface area contributed by atoms with Gasteiger partial charge >= 0.3 is 0 Å². The van der Waals surface area contributed by atoms with Crippen molar-refractivity contribution in [1.29, 1.82) is 0 Å². The van der Waals surface area contributed by atoms with Crippen LogP contribution in [0.5, 0.6) is 0 Å². The van der Waals surface area contributed by atoms with Gasteiger partial charge in [-0.3, -0.25) is 9.78 Å². The van der Waals surface area contributed by atoms with Crippen molar-refractivity contribution in [3.8, 4) is 11.1 Å². The summed E-state index contributed by atoms with van der Waals surface area (Å²) in [5.74, 6) is 0.712. The van der Waals surface area contributed by atoms with Crippen molar-refractivity contribution in [2.24, 2.45) is 0 Å². The fraction of sp³-hybridized carbons (Fsp3) is 0.350. The summed E-state index contributed by atoms with van der Waals surface area (Å²) in [5.41, 5.74) is 4.23. The summed E-state index contributed by atoms with van der Waals surface area (Å²) in [6, 6.07) is 3.91. The number of aromatic nitrogens is 4. The molecule has 0 radical (unpaired) electrons. The topological polar surface area (TPSA) is 85.0 Å². The fourth-order valence-corrected chi connectivity index (χ4v) is 3.75. The molecule has 1 aliphatic rings. The van der Waals surface area contributed by atoms with E-state index in [1.165, 1.54) is 0 Å². The molecule has 3 aromatic rings. The highest BCUT2D eigenvalue weighted by atomic mass is 16.5. The first-order valence-corrected chi connectivity index (χ1v) is 9.07. The molecule has 1 atom stereocenters. The van der Waals surface area contributed by atoms with E-state index >= 15 is 0 Å². The van der Waals surface area contributed by atoms with E-state index in [9.17, 15) is 4.79 Å². The van der Waals surface area contributed by atoms with Gasteiger partial charge in [0, 0.05) is 43.2 Å². The van der Waals surface area contributed by atoms with Crippen LogP contribution in [0.15, 0.2) is 41.6 Å². The quantitative estimate of drug-likeness (QED) is 0.710. The molecule has 1 fully saturated rings. The Kier molecular flexibility index (Phi) is 4.66. The molecule has 1 amide bonds. The van der Waals surface area contributed by atoms with E-state index in [4.69, 9.17) is 4.52 Å². The third kappa shape index (κ3) is 3.32. The summed E-state index contributed by atoms with van der Waals surface area (Å²) in [5, 5.41) is 3.91. The summed E-state index contributed by atoms with van der Waals surface area (Å²) >= 11 is 0. The molecule has 1 saturated heterocycles. The Morgan fingerprint density at radius 3 is 2.78 bits per heavy atom. The van der Waals surface area contributed by atoms with E-state index in [-0.39, 0.29) is 11.8 Å². The molecule has 7 heteroatoms. The molecule has 0 saturated carbocycles. The number of amides is 1. The number of hydrogen-bond acceptors (Lipinski definition) is 6. The van der Waals surface area contributed by atoms with E-state index in [0.29, 0.717) is 23.6 Å². The fourth-order valence-electron chi connectivity index (χ4n) is 3.75. The predicted molar refractivity (Wildman–Crippen MR) is 99.1 cm³/mol. The number of likely N-dealkylation sites (tertiary alicyclic amines) is 1. The Hall–Kier alpha value is -3.09. The highest BCUT2D eigenvalue weighted by molar-refractivity contribution is 5.96. The monoisotopic (exact) mass is 363 g/mol. The van der Waals surface area contributed by atoms with E-state index in [1.807, 2.05) is 23.2 Å². The average molecular weight is 363 g/mol. The number of aryl methyl sites for hydroxylation is 2. The molecule has 1 aliphatic heterocycles. The minimum absolute atomic E-state index is 0.0181. The van der Waals surface area contributed by atoms with Gasteiger partial charge < -0.3 is 9.42 Å². The van der Waals surface area contributed by atoms with Gasteiger partial charge in [0.2, 0.25) is 0 Å². The maximum absolute atomic E-state index is 13.0. The molecule has 4 rings (SSSR count). The number of rotatable bonds is 3. The lowest BCUT2D eigenvalue weighted by Gasteiger charge is -2.33. The Morgan fingerprint density at radius 2 is 2.04 bits per heavy atom. The molecule has 0 aromatic carbocycles. The van der Waals surface area contributed by atoms with Crippen molar-refractivity contribution in [2.45, 2.75) is 32.6 Å². The number of carbonyl (C=O) groups is 1. The molecule has 4 heterocycles. The van der Waals surface area contributed by atoms with E-state index in [2.05, 4.69) is 20.1 Å². The van der Waals surface area contributed by atoms with Gasteiger partial charge in [-0.15, -0.1) is 0 Å². The Morgan fingerprint density at radius 1 is 1.22 bits per heavy atom. The molecule has 138 valence electrons. The second-order valence-corrected chi connectivity index (χ2v) is 6.85. The molecule has 0 N–H and O–H groups in total. The summed E-state index contributed by atoms with van der Waals surface area (Å²) in [4.78, 5) is 27.8. The Balaban J connectivity index is 1.62. The van der Waals surface area contributed by atoms with Crippen LogP contribution in [0.25, 0.3) is 11.1 Å². The van der Waals surface area contributed by atoms with Crippen molar-refractivity contribution in [1.82, 2.24) is 25.0 Å². The highest BCUT2D eigenvalue weighted by Crippen LogP contribution is 2.33. The third-order valence-corrected chi connectivity index (χ3v) is 5.08. The summed E-state index contributed by atoms with van der Waals surface area (Å²) in [7, 11) is 0. The predicted octanol–water partition coefficient (Wildman–Crippen LogP) is 3.16. The molecule has 7 nitrogen and oxygen atoms in total. The highest BCUT2D eigenvalue weighted by Gasteiger charge is 2.30. The SMILES string of the molecule is Cc1noc(C)c1C(=O)N1CCCC(c2ncncc2-c2ccncc2)C1. The average Bonchev–Trinajstić information content (AvgIpc) is 3.06. The standard InChI is InChI=1S/C20H21N5O2/c1-13-18(14(2)27-24-13)20(26)25-9-3-4-16(11-25)19-17(10-22-12-23-19)15-5-7-21-8-6-15/h5-8,10,12,16H,3-4,9,11H2,1-2H3. The number of carbonyl (C=O) groups excluding carboxylic acids is 1. The molecular weight excluding hydrogens is 342 g/mol. The Labute approximate surface area is 157 Å². The molecule has 0 bridgehead atoms. The minimum Gasteiger partial charge on any atom is -0.361 e. The van der Waals surface area contributed by atoms with Crippen molar-refractivity contribution >= 4 is 5.91 Å². The summed E-state index contributed by atoms with van der Waals surface area (Å²) in [6.45, 7) is 4.94. The first-order chi connectivity index (χ1) is 13.1.